The number of anilines is 1. The van der Waals surface area contributed by atoms with Gasteiger partial charge in [0.2, 0.25) is 11.8 Å². The van der Waals surface area contributed by atoms with Crippen LogP contribution in [0.25, 0.3) is 0 Å². The van der Waals surface area contributed by atoms with E-state index in [0.717, 1.165) is 29.7 Å². The third-order valence-electron chi connectivity index (χ3n) is 5.86. The van der Waals surface area contributed by atoms with E-state index in [1.165, 1.54) is 30.0 Å². The van der Waals surface area contributed by atoms with E-state index in [2.05, 4.69) is 5.32 Å². The summed E-state index contributed by atoms with van der Waals surface area (Å²) in [7, 11) is 0. The Morgan fingerprint density at radius 1 is 1.26 bits per heavy atom. The molecule has 2 fully saturated rings. The molecule has 4 rings (SSSR count). The van der Waals surface area contributed by atoms with E-state index in [4.69, 9.17) is 9.73 Å². The third-order valence-corrected chi connectivity index (χ3v) is 7.03. The van der Waals surface area contributed by atoms with Crippen molar-refractivity contribution < 1.29 is 19.2 Å². The number of ether oxygens (including phenoxy) is 1. The molecular formula is C24H26N4O5S. The molecule has 0 saturated carbocycles. The van der Waals surface area contributed by atoms with Crippen molar-refractivity contribution >= 4 is 45.8 Å². The van der Waals surface area contributed by atoms with Crippen LogP contribution in [0.5, 0.6) is 0 Å². The van der Waals surface area contributed by atoms with E-state index in [1.54, 1.807) is 11.0 Å². The lowest BCUT2D eigenvalue weighted by molar-refractivity contribution is -0.384. The van der Waals surface area contributed by atoms with Gasteiger partial charge in [-0.05, 0) is 56.0 Å². The molecule has 2 amide bonds. The molecule has 0 radical (unpaired) electrons. The van der Waals surface area contributed by atoms with Gasteiger partial charge in [-0.1, -0.05) is 23.9 Å². The third kappa shape index (κ3) is 5.63. The molecule has 10 heteroatoms. The van der Waals surface area contributed by atoms with Crippen LogP contribution >= 0.6 is 11.8 Å². The summed E-state index contributed by atoms with van der Waals surface area (Å²) in [6.07, 6.45) is 1.72. The molecule has 1 N–H and O–H groups in total. The lowest BCUT2D eigenvalue weighted by atomic mass is 10.1. The Kier molecular flexibility index (Phi) is 7.28. The Bertz CT molecular complexity index is 1150. The van der Waals surface area contributed by atoms with Gasteiger partial charge >= 0.3 is 0 Å². The van der Waals surface area contributed by atoms with E-state index in [9.17, 15) is 19.7 Å². The molecule has 0 spiro atoms. The first kappa shape index (κ1) is 23.9. The number of rotatable bonds is 7. The van der Waals surface area contributed by atoms with Crippen LogP contribution in [0.1, 0.15) is 30.4 Å². The Labute approximate surface area is 201 Å². The van der Waals surface area contributed by atoms with Crippen molar-refractivity contribution in [1.82, 2.24) is 4.90 Å². The number of carbonyl (C=O) groups excluding carboxylic acids is 2. The zero-order chi connectivity index (χ0) is 24.2. The van der Waals surface area contributed by atoms with E-state index in [-0.39, 0.29) is 24.1 Å². The summed E-state index contributed by atoms with van der Waals surface area (Å²) in [6, 6.07) is 11.6. The van der Waals surface area contributed by atoms with Gasteiger partial charge in [-0.2, -0.15) is 0 Å². The number of aliphatic imine (C=N–C) groups is 1. The number of amidine groups is 1. The fourth-order valence-electron chi connectivity index (χ4n) is 3.87. The number of aryl methyl sites for hydroxylation is 2. The van der Waals surface area contributed by atoms with E-state index < -0.39 is 16.1 Å². The molecule has 2 atom stereocenters. The van der Waals surface area contributed by atoms with Gasteiger partial charge in [-0.3, -0.25) is 24.6 Å². The molecular weight excluding hydrogens is 456 g/mol. The zero-order valence-corrected chi connectivity index (χ0v) is 19.8. The first-order valence-corrected chi connectivity index (χ1v) is 12.0. The fraction of sp³-hybridized carbons (Fsp3) is 0.375. The van der Waals surface area contributed by atoms with Gasteiger partial charge in [0, 0.05) is 30.8 Å². The minimum Gasteiger partial charge on any atom is -0.376 e. The zero-order valence-electron chi connectivity index (χ0n) is 19.0. The van der Waals surface area contributed by atoms with E-state index in [1.807, 2.05) is 32.0 Å². The molecule has 178 valence electrons. The number of nitrogens with one attached hydrogen (secondary N) is 1. The summed E-state index contributed by atoms with van der Waals surface area (Å²) in [6.45, 7) is 5.12. The van der Waals surface area contributed by atoms with Gasteiger partial charge in [-0.25, -0.2) is 4.99 Å². The second-order valence-corrected chi connectivity index (χ2v) is 9.58. The van der Waals surface area contributed by atoms with Crippen molar-refractivity contribution in [3.8, 4) is 0 Å². The number of carbonyl (C=O) groups is 2. The maximum absolute atomic E-state index is 13.2. The van der Waals surface area contributed by atoms with Crippen LogP contribution in [0.3, 0.4) is 0 Å². The van der Waals surface area contributed by atoms with Crippen LogP contribution in [-0.4, -0.2) is 51.3 Å². The molecule has 34 heavy (non-hydrogen) atoms. The van der Waals surface area contributed by atoms with E-state index >= 15 is 0 Å². The minimum atomic E-state index is -0.634. The number of hydrogen-bond donors (Lipinski definition) is 1. The van der Waals surface area contributed by atoms with Crippen molar-refractivity contribution in [2.24, 2.45) is 4.99 Å². The number of benzene rings is 2. The highest BCUT2D eigenvalue weighted by Gasteiger charge is 2.40. The number of thioether (sulfide) groups is 1. The van der Waals surface area contributed by atoms with Crippen LogP contribution in [0.2, 0.25) is 0 Å². The molecule has 2 heterocycles. The van der Waals surface area contributed by atoms with Crippen LogP contribution in [0, 0.1) is 24.0 Å². The second kappa shape index (κ2) is 10.4. The lowest BCUT2D eigenvalue weighted by Crippen LogP contribution is -2.38. The van der Waals surface area contributed by atoms with Crippen LogP contribution < -0.4 is 5.32 Å². The summed E-state index contributed by atoms with van der Waals surface area (Å²) < 4.78 is 5.73. The molecule has 9 nitrogen and oxygen atoms in total. The SMILES string of the molecule is Cc1ccc(N=C2SC(CC(=O)Nc3cccc([N+](=O)[O-])c3)C(=O)N2CC2CCCO2)cc1C. The first-order chi connectivity index (χ1) is 16.3. The Morgan fingerprint density at radius 3 is 2.79 bits per heavy atom. The second-order valence-electron chi connectivity index (χ2n) is 8.41. The van der Waals surface area contributed by atoms with Crippen molar-refractivity contribution in [2.75, 3.05) is 18.5 Å². The van der Waals surface area contributed by atoms with Gasteiger partial charge in [0.25, 0.3) is 5.69 Å². The summed E-state index contributed by atoms with van der Waals surface area (Å²) in [5.41, 5.74) is 3.21. The smallest absolute Gasteiger partial charge is 0.271 e. The molecule has 2 saturated heterocycles. The van der Waals surface area contributed by atoms with Gasteiger partial charge < -0.3 is 10.1 Å². The highest BCUT2D eigenvalue weighted by atomic mass is 32.2. The lowest BCUT2D eigenvalue weighted by Gasteiger charge is -2.20. The number of nitrogens with zero attached hydrogens (tertiary/aromatic N) is 3. The van der Waals surface area contributed by atoms with Gasteiger partial charge in [0.15, 0.2) is 5.17 Å². The monoisotopic (exact) mass is 482 g/mol. The number of nitro benzene ring substituents is 1. The maximum Gasteiger partial charge on any atom is 0.271 e. The Morgan fingerprint density at radius 2 is 2.09 bits per heavy atom. The predicted molar refractivity (Wildman–Crippen MR) is 131 cm³/mol. The topological polar surface area (TPSA) is 114 Å². The molecule has 0 bridgehead atoms. The molecule has 2 aliphatic heterocycles. The van der Waals surface area contributed by atoms with Crippen molar-refractivity contribution in [3.05, 3.63) is 63.7 Å². The summed E-state index contributed by atoms with van der Waals surface area (Å²) in [5, 5.41) is 13.6. The van der Waals surface area contributed by atoms with Crippen molar-refractivity contribution in [1.29, 1.82) is 0 Å². The number of hydrogen-bond acceptors (Lipinski definition) is 7. The summed E-state index contributed by atoms with van der Waals surface area (Å²) >= 11 is 1.26. The van der Waals surface area contributed by atoms with Gasteiger partial charge in [-0.15, -0.1) is 0 Å². The number of non-ortho nitro benzene ring substituents is 1. The molecule has 2 unspecified atom stereocenters. The van der Waals surface area contributed by atoms with Crippen LogP contribution in [-0.2, 0) is 14.3 Å². The molecule has 2 aliphatic rings. The largest absolute Gasteiger partial charge is 0.376 e. The average Bonchev–Trinajstić information content (AvgIpc) is 3.41. The maximum atomic E-state index is 13.2. The molecule has 0 aliphatic carbocycles. The van der Waals surface area contributed by atoms with Crippen molar-refractivity contribution in [2.45, 2.75) is 44.5 Å². The Balaban J connectivity index is 1.51. The van der Waals surface area contributed by atoms with Crippen LogP contribution in [0.4, 0.5) is 17.1 Å². The normalized spacial score (nSPS) is 21.3. The summed E-state index contributed by atoms with van der Waals surface area (Å²) in [5.74, 6) is -0.576. The van der Waals surface area contributed by atoms with E-state index in [0.29, 0.717) is 24.0 Å². The number of amides is 2. The predicted octanol–water partition coefficient (Wildman–Crippen LogP) is 4.35. The highest BCUT2D eigenvalue weighted by molar-refractivity contribution is 8.15. The highest BCUT2D eigenvalue weighted by Crippen LogP contribution is 2.33. The average molecular weight is 483 g/mol. The Hall–Kier alpha value is -3.24. The van der Waals surface area contributed by atoms with Crippen molar-refractivity contribution in [3.63, 3.8) is 0 Å². The number of nitro groups is 1. The first-order valence-electron chi connectivity index (χ1n) is 11.1. The quantitative estimate of drug-likeness (QED) is 0.464. The molecule has 2 aromatic carbocycles. The van der Waals surface area contributed by atoms with Gasteiger partial charge in [0.05, 0.1) is 23.3 Å². The fourth-order valence-corrected chi connectivity index (χ4v) is 5.04. The summed E-state index contributed by atoms with van der Waals surface area (Å²) in [4.78, 5) is 42.7. The molecule has 2 aromatic rings. The van der Waals surface area contributed by atoms with Gasteiger partial charge in [0.1, 0.15) is 5.25 Å². The molecule has 0 aromatic heterocycles. The van der Waals surface area contributed by atoms with Crippen LogP contribution in [0.15, 0.2) is 47.5 Å². The standard InChI is InChI=1S/C24H26N4O5S/c1-15-8-9-18(11-16(15)2)26-24-27(14-20-7-4-10-33-20)23(30)21(34-24)13-22(29)25-17-5-3-6-19(12-17)28(31)32/h3,5-6,8-9,11-12,20-21H,4,7,10,13-14H2,1-2H3,(H,25,29). The minimum absolute atomic E-state index is 0.0491.